The molecule has 122 valence electrons. The zero-order chi connectivity index (χ0) is 16.8. The number of esters is 1. The van der Waals surface area contributed by atoms with Crippen LogP contribution in [0.4, 0.5) is 5.00 Å². The van der Waals surface area contributed by atoms with E-state index in [1.165, 1.54) is 17.5 Å². The van der Waals surface area contributed by atoms with Gasteiger partial charge >= 0.3 is 5.97 Å². The van der Waals surface area contributed by atoms with Crippen LogP contribution in [-0.2, 0) is 9.53 Å². The SMILES string of the molecule is CCOC(=O)c1sc(NC(=O)CSc2cccc[n+]2[O-])cc1C. The lowest BCUT2D eigenvalue weighted by atomic mass is 10.3. The molecule has 0 atom stereocenters. The molecule has 6 nitrogen and oxygen atoms in total. The van der Waals surface area contributed by atoms with E-state index >= 15 is 0 Å². The minimum atomic E-state index is -0.387. The van der Waals surface area contributed by atoms with E-state index in [-0.39, 0.29) is 17.6 Å². The first-order valence-electron chi connectivity index (χ1n) is 6.89. The smallest absolute Gasteiger partial charge is 0.348 e. The number of carbonyl (C=O) groups is 2. The zero-order valence-electron chi connectivity index (χ0n) is 12.7. The Balaban J connectivity index is 1.94. The molecule has 0 saturated heterocycles. The van der Waals surface area contributed by atoms with Gasteiger partial charge in [0.05, 0.1) is 17.4 Å². The molecular weight excluding hydrogens is 336 g/mol. The third-order valence-electron chi connectivity index (χ3n) is 2.78. The van der Waals surface area contributed by atoms with Gasteiger partial charge in [-0.3, -0.25) is 4.79 Å². The largest absolute Gasteiger partial charge is 0.618 e. The van der Waals surface area contributed by atoms with Gasteiger partial charge in [-0.2, -0.15) is 4.73 Å². The Morgan fingerprint density at radius 1 is 1.43 bits per heavy atom. The number of amides is 1. The van der Waals surface area contributed by atoms with Crippen LogP contribution < -0.4 is 10.0 Å². The summed E-state index contributed by atoms with van der Waals surface area (Å²) in [6.07, 6.45) is 1.38. The highest BCUT2D eigenvalue weighted by Gasteiger charge is 2.16. The van der Waals surface area contributed by atoms with Crippen LogP contribution in [-0.4, -0.2) is 24.2 Å². The fourth-order valence-corrected chi connectivity index (χ4v) is 3.48. The summed E-state index contributed by atoms with van der Waals surface area (Å²) >= 11 is 2.33. The summed E-state index contributed by atoms with van der Waals surface area (Å²) in [5.74, 6) is -0.519. The minimum Gasteiger partial charge on any atom is -0.618 e. The van der Waals surface area contributed by atoms with Crippen LogP contribution >= 0.6 is 23.1 Å². The second-order valence-electron chi connectivity index (χ2n) is 4.54. The molecule has 0 unspecified atom stereocenters. The van der Waals surface area contributed by atoms with E-state index in [0.29, 0.717) is 26.2 Å². The summed E-state index contributed by atoms with van der Waals surface area (Å²) in [5, 5.41) is 15.3. The van der Waals surface area contributed by atoms with E-state index in [1.807, 2.05) is 0 Å². The predicted octanol–water partition coefficient (Wildman–Crippen LogP) is 2.60. The number of nitrogens with one attached hydrogen (secondary N) is 1. The second-order valence-corrected chi connectivity index (χ2v) is 6.59. The molecule has 2 rings (SSSR count). The van der Waals surface area contributed by atoms with Gasteiger partial charge in [0.15, 0.2) is 6.20 Å². The Morgan fingerprint density at radius 3 is 2.91 bits per heavy atom. The molecular formula is C15H16N2O4S2. The normalized spacial score (nSPS) is 10.3. The number of aryl methyl sites for hydroxylation is 1. The van der Waals surface area contributed by atoms with Crippen molar-refractivity contribution < 1.29 is 19.1 Å². The lowest BCUT2D eigenvalue weighted by molar-refractivity contribution is -0.645. The van der Waals surface area contributed by atoms with Gasteiger partial charge in [0, 0.05) is 12.1 Å². The molecule has 0 aliphatic carbocycles. The lowest BCUT2D eigenvalue weighted by Gasteiger charge is -2.03. The molecule has 1 N–H and O–H groups in total. The van der Waals surface area contributed by atoms with E-state index in [1.54, 1.807) is 38.1 Å². The highest BCUT2D eigenvalue weighted by atomic mass is 32.2. The van der Waals surface area contributed by atoms with Gasteiger partial charge in [-0.15, -0.1) is 11.3 Å². The maximum atomic E-state index is 12.0. The van der Waals surface area contributed by atoms with E-state index in [4.69, 9.17) is 4.74 Å². The number of pyridine rings is 1. The van der Waals surface area contributed by atoms with Gasteiger partial charge in [0.2, 0.25) is 5.91 Å². The summed E-state index contributed by atoms with van der Waals surface area (Å²) in [6.45, 7) is 3.84. The number of hydrogen-bond donors (Lipinski definition) is 1. The first-order valence-corrected chi connectivity index (χ1v) is 8.70. The van der Waals surface area contributed by atoms with Crippen LogP contribution in [0.1, 0.15) is 22.2 Å². The van der Waals surface area contributed by atoms with Crippen LogP contribution in [0.25, 0.3) is 0 Å². The first kappa shape index (κ1) is 17.3. The van der Waals surface area contributed by atoms with Crippen LogP contribution in [0.5, 0.6) is 0 Å². The Hall–Kier alpha value is -2.06. The monoisotopic (exact) mass is 352 g/mol. The van der Waals surface area contributed by atoms with E-state index < -0.39 is 0 Å². The zero-order valence-corrected chi connectivity index (χ0v) is 14.3. The molecule has 0 fully saturated rings. The van der Waals surface area contributed by atoms with Crippen molar-refractivity contribution in [2.75, 3.05) is 17.7 Å². The van der Waals surface area contributed by atoms with Crippen molar-refractivity contribution in [2.45, 2.75) is 18.9 Å². The van der Waals surface area contributed by atoms with Gasteiger partial charge in [-0.1, -0.05) is 0 Å². The summed E-state index contributed by atoms with van der Waals surface area (Å²) in [4.78, 5) is 24.2. The quantitative estimate of drug-likeness (QED) is 0.374. The van der Waals surface area contributed by atoms with Gasteiger partial charge in [0.1, 0.15) is 4.88 Å². The van der Waals surface area contributed by atoms with Crippen LogP contribution in [0, 0.1) is 12.1 Å². The van der Waals surface area contributed by atoms with E-state index in [0.717, 1.165) is 17.3 Å². The Labute approximate surface area is 142 Å². The van der Waals surface area contributed by atoms with E-state index in [2.05, 4.69) is 5.32 Å². The van der Waals surface area contributed by atoms with Gasteiger partial charge < -0.3 is 15.3 Å². The number of thioether (sulfide) groups is 1. The number of carbonyl (C=O) groups excluding carboxylic acids is 2. The number of hydrogen-bond acceptors (Lipinski definition) is 6. The molecule has 0 radical (unpaired) electrons. The number of nitrogens with zero attached hydrogens (tertiary/aromatic N) is 1. The van der Waals surface area contributed by atoms with Crippen molar-refractivity contribution in [3.63, 3.8) is 0 Å². The number of aromatic nitrogens is 1. The Kier molecular flexibility index (Phi) is 6.00. The maximum Gasteiger partial charge on any atom is 0.348 e. The molecule has 0 spiro atoms. The molecule has 1 amide bonds. The second kappa shape index (κ2) is 7.98. The molecule has 8 heteroatoms. The maximum absolute atomic E-state index is 12.0. The third kappa shape index (κ3) is 4.70. The third-order valence-corrected chi connectivity index (χ3v) is 4.93. The summed E-state index contributed by atoms with van der Waals surface area (Å²) in [6, 6.07) is 6.75. The Bertz CT molecular complexity index is 715. The minimum absolute atomic E-state index is 0.109. The highest BCUT2D eigenvalue weighted by Crippen LogP contribution is 2.27. The topological polar surface area (TPSA) is 82.3 Å². The first-order chi connectivity index (χ1) is 11.0. The van der Waals surface area contributed by atoms with Gasteiger partial charge in [0.25, 0.3) is 5.03 Å². The molecule has 23 heavy (non-hydrogen) atoms. The summed E-state index contributed by atoms with van der Waals surface area (Å²) < 4.78 is 5.68. The number of rotatable bonds is 6. The molecule has 2 aromatic heterocycles. The lowest BCUT2D eigenvalue weighted by Crippen LogP contribution is -2.28. The molecule has 2 aromatic rings. The van der Waals surface area contributed by atoms with Gasteiger partial charge in [-0.25, -0.2) is 4.79 Å². The van der Waals surface area contributed by atoms with Crippen LogP contribution in [0.15, 0.2) is 35.5 Å². The van der Waals surface area contributed by atoms with E-state index in [9.17, 15) is 14.8 Å². The summed E-state index contributed by atoms with van der Waals surface area (Å²) in [5.41, 5.74) is 0.761. The molecule has 0 aromatic carbocycles. The van der Waals surface area contributed by atoms with Crippen molar-refractivity contribution >= 4 is 40.0 Å². The number of thiophene rings is 1. The highest BCUT2D eigenvalue weighted by molar-refractivity contribution is 7.99. The number of anilines is 1. The van der Waals surface area contributed by atoms with Crippen molar-refractivity contribution in [2.24, 2.45) is 0 Å². The molecule has 0 saturated carbocycles. The fourth-order valence-electron chi connectivity index (χ4n) is 1.78. The fraction of sp³-hybridized carbons (Fsp3) is 0.267. The van der Waals surface area contributed by atoms with Crippen molar-refractivity contribution in [1.29, 1.82) is 0 Å². The average molecular weight is 352 g/mol. The molecule has 0 aliphatic heterocycles. The van der Waals surface area contributed by atoms with Crippen LogP contribution in [0.2, 0.25) is 0 Å². The van der Waals surface area contributed by atoms with Crippen molar-refractivity contribution in [1.82, 2.24) is 0 Å². The van der Waals surface area contributed by atoms with Crippen molar-refractivity contribution in [3.05, 3.63) is 46.1 Å². The number of ether oxygens (including phenoxy) is 1. The molecule has 2 heterocycles. The molecule has 0 bridgehead atoms. The summed E-state index contributed by atoms with van der Waals surface area (Å²) in [7, 11) is 0. The predicted molar refractivity (Wildman–Crippen MR) is 89.8 cm³/mol. The standard InChI is InChI=1S/C15H16N2O4S2/c1-3-21-15(19)14-10(2)8-12(23-14)16-11(18)9-22-13-6-4-5-7-17(13)20/h4-8H,3,9H2,1-2H3,(H,16,18). The van der Waals surface area contributed by atoms with Crippen molar-refractivity contribution in [3.8, 4) is 0 Å². The molecule has 0 aliphatic rings. The van der Waals surface area contributed by atoms with Gasteiger partial charge in [-0.05, 0) is 43.3 Å². The van der Waals surface area contributed by atoms with Crippen LogP contribution in [0.3, 0.4) is 0 Å². The Morgan fingerprint density at radius 2 is 2.22 bits per heavy atom. The average Bonchev–Trinajstić information content (AvgIpc) is 2.87.